The second-order valence-electron chi connectivity index (χ2n) is 6.37. The molecule has 6 nitrogen and oxygen atoms in total. The highest BCUT2D eigenvalue weighted by atomic mass is 16.3. The third-order valence-corrected chi connectivity index (χ3v) is 4.20. The van der Waals surface area contributed by atoms with E-state index in [9.17, 15) is 9.90 Å². The first kappa shape index (κ1) is 18.1. The van der Waals surface area contributed by atoms with Crippen LogP contribution in [0, 0.1) is 12.8 Å². The molecule has 6 heteroatoms. The van der Waals surface area contributed by atoms with Crippen LogP contribution in [0.2, 0.25) is 0 Å². The number of hydrogen-bond acceptors (Lipinski definition) is 4. The minimum atomic E-state index is -0.568. The summed E-state index contributed by atoms with van der Waals surface area (Å²) in [7, 11) is 0. The normalized spacial score (nSPS) is 12.4. The summed E-state index contributed by atoms with van der Waals surface area (Å²) in [4.78, 5) is 12.2. The summed E-state index contributed by atoms with van der Waals surface area (Å²) < 4.78 is 1.72. The van der Waals surface area contributed by atoms with Crippen LogP contribution < -0.4 is 5.32 Å². The van der Waals surface area contributed by atoms with Crippen molar-refractivity contribution in [2.45, 2.75) is 46.8 Å². The molecule has 0 saturated carbocycles. The summed E-state index contributed by atoms with van der Waals surface area (Å²) in [6, 6.07) is 8.34. The molecule has 1 aromatic heterocycles. The van der Waals surface area contributed by atoms with Crippen LogP contribution in [0.1, 0.15) is 48.1 Å². The van der Waals surface area contributed by atoms with Crippen molar-refractivity contribution >= 4 is 5.91 Å². The topological polar surface area (TPSA) is 80.0 Å². The minimum absolute atomic E-state index is 0.0909. The van der Waals surface area contributed by atoms with Gasteiger partial charge in [-0.1, -0.05) is 50.3 Å². The molecule has 0 aliphatic rings. The summed E-state index contributed by atoms with van der Waals surface area (Å²) >= 11 is 0. The molecule has 0 aliphatic carbocycles. The van der Waals surface area contributed by atoms with Gasteiger partial charge < -0.3 is 10.4 Å². The van der Waals surface area contributed by atoms with Crippen LogP contribution in [0.15, 0.2) is 24.3 Å². The quantitative estimate of drug-likeness (QED) is 0.813. The third-order valence-electron chi connectivity index (χ3n) is 4.20. The van der Waals surface area contributed by atoms with Gasteiger partial charge in [0.05, 0.1) is 18.3 Å². The van der Waals surface area contributed by atoms with Crippen LogP contribution >= 0.6 is 0 Å². The second kappa shape index (κ2) is 8.06. The molecule has 2 N–H and O–H groups in total. The highest BCUT2D eigenvalue weighted by Crippen LogP contribution is 2.10. The number of aliphatic hydroxyl groups is 1. The van der Waals surface area contributed by atoms with E-state index in [1.54, 1.807) is 4.68 Å². The van der Waals surface area contributed by atoms with Crippen LogP contribution in [0.25, 0.3) is 0 Å². The van der Waals surface area contributed by atoms with Crippen molar-refractivity contribution in [2.75, 3.05) is 6.54 Å². The Morgan fingerprint density at radius 1 is 1.25 bits per heavy atom. The van der Waals surface area contributed by atoms with Gasteiger partial charge in [0.25, 0.3) is 5.91 Å². The predicted octanol–water partition coefficient (Wildman–Crippen LogP) is 1.94. The Kier molecular flexibility index (Phi) is 6.09. The number of amides is 1. The number of carbonyl (C=O) groups is 1. The van der Waals surface area contributed by atoms with Crippen molar-refractivity contribution in [3.8, 4) is 0 Å². The Labute approximate surface area is 142 Å². The fraction of sp³-hybridized carbons (Fsp3) is 0.500. The van der Waals surface area contributed by atoms with Crippen LogP contribution in [-0.4, -0.2) is 38.7 Å². The molecule has 0 fully saturated rings. The number of nitrogens with zero attached hydrogens (tertiary/aromatic N) is 3. The zero-order valence-electron chi connectivity index (χ0n) is 14.8. The van der Waals surface area contributed by atoms with E-state index in [1.165, 1.54) is 5.56 Å². The largest absolute Gasteiger partial charge is 0.391 e. The molecule has 24 heavy (non-hydrogen) atoms. The zero-order chi connectivity index (χ0) is 17.7. The highest BCUT2D eigenvalue weighted by molar-refractivity contribution is 5.93. The van der Waals surface area contributed by atoms with E-state index in [4.69, 9.17) is 0 Å². The lowest BCUT2D eigenvalue weighted by molar-refractivity contribution is 0.0866. The number of nitrogens with one attached hydrogen (secondary N) is 1. The first-order valence-corrected chi connectivity index (χ1v) is 8.36. The molecule has 0 spiro atoms. The van der Waals surface area contributed by atoms with Gasteiger partial charge in [-0.05, 0) is 30.4 Å². The molecule has 1 heterocycles. The van der Waals surface area contributed by atoms with E-state index in [0.29, 0.717) is 17.9 Å². The Morgan fingerprint density at radius 2 is 1.88 bits per heavy atom. The molecular formula is C18H26N4O2. The molecular weight excluding hydrogens is 304 g/mol. The van der Waals surface area contributed by atoms with Crippen LogP contribution in [0.4, 0.5) is 0 Å². The summed E-state index contributed by atoms with van der Waals surface area (Å²) in [5, 5.41) is 20.6. The van der Waals surface area contributed by atoms with Gasteiger partial charge in [0.15, 0.2) is 5.69 Å². The molecule has 2 rings (SSSR count). The van der Waals surface area contributed by atoms with Gasteiger partial charge in [0.2, 0.25) is 0 Å². The number of rotatable bonds is 7. The molecule has 2 aromatic rings. The average Bonchev–Trinajstić information content (AvgIpc) is 2.93. The van der Waals surface area contributed by atoms with Crippen LogP contribution in [0.5, 0.6) is 0 Å². The highest BCUT2D eigenvalue weighted by Gasteiger charge is 2.18. The minimum Gasteiger partial charge on any atom is -0.391 e. The van der Waals surface area contributed by atoms with E-state index in [1.807, 2.05) is 20.8 Å². The number of aliphatic hydroxyl groups excluding tert-OH is 1. The molecule has 0 bridgehead atoms. The van der Waals surface area contributed by atoms with Crippen LogP contribution in [0.3, 0.4) is 0 Å². The Hall–Kier alpha value is -2.21. The monoisotopic (exact) mass is 330 g/mol. The number of benzene rings is 1. The van der Waals surface area contributed by atoms with Gasteiger partial charge >= 0.3 is 0 Å². The molecule has 0 aliphatic heterocycles. The van der Waals surface area contributed by atoms with Gasteiger partial charge in [-0.25, -0.2) is 4.68 Å². The van der Waals surface area contributed by atoms with Crippen molar-refractivity contribution in [2.24, 2.45) is 5.92 Å². The molecule has 1 atom stereocenters. The lowest BCUT2D eigenvalue weighted by Gasteiger charge is -2.14. The lowest BCUT2D eigenvalue weighted by Crippen LogP contribution is -2.35. The van der Waals surface area contributed by atoms with E-state index in [0.717, 1.165) is 12.0 Å². The van der Waals surface area contributed by atoms with E-state index in [2.05, 4.69) is 46.8 Å². The van der Waals surface area contributed by atoms with Gasteiger partial charge in [0.1, 0.15) is 0 Å². The van der Waals surface area contributed by atoms with Crippen molar-refractivity contribution in [3.05, 3.63) is 46.8 Å². The summed E-state index contributed by atoms with van der Waals surface area (Å²) in [5.41, 5.74) is 3.42. The third kappa shape index (κ3) is 4.41. The van der Waals surface area contributed by atoms with Gasteiger partial charge in [-0.3, -0.25) is 4.79 Å². The van der Waals surface area contributed by atoms with Gasteiger partial charge in [0, 0.05) is 6.54 Å². The fourth-order valence-electron chi connectivity index (χ4n) is 2.29. The van der Waals surface area contributed by atoms with Crippen molar-refractivity contribution in [1.82, 2.24) is 20.3 Å². The molecule has 130 valence electrons. The number of carbonyl (C=O) groups excluding carboxylic acids is 1. The first-order valence-electron chi connectivity index (χ1n) is 8.36. The summed E-state index contributed by atoms with van der Waals surface area (Å²) in [5.74, 6) is -0.215. The SMILES string of the molecule is CCc1ccc(Cn2nnc(C(=O)NC[C@@H](O)C(C)C)c2C)cc1. The van der Waals surface area contributed by atoms with Gasteiger partial charge in [-0.2, -0.15) is 0 Å². The molecule has 0 unspecified atom stereocenters. The summed E-state index contributed by atoms with van der Waals surface area (Å²) in [6.45, 7) is 8.54. The Bertz CT molecular complexity index is 677. The standard InChI is InChI=1S/C18H26N4O2/c1-5-14-6-8-15(9-7-14)11-22-13(4)17(20-21-22)18(24)19-10-16(23)12(2)3/h6-9,12,16,23H,5,10-11H2,1-4H3,(H,19,24)/t16-/m1/s1. The maximum Gasteiger partial charge on any atom is 0.273 e. The molecule has 0 saturated heterocycles. The van der Waals surface area contributed by atoms with E-state index >= 15 is 0 Å². The van der Waals surface area contributed by atoms with Crippen molar-refractivity contribution in [1.29, 1.82) is 0 Å². The maximum atomic E-state index is 12.2. The predicted molar refractivity (Wildman–Crippen MR) is 92.9 cm³/mol. The Morgan fingerprint density at radius 3 is 2.46 bits per heavy atom. The van der Waals surface area contributed by atoms with Gasteiger partial charge in [-0.15, -0.1) is 5.10 Å². The number of aromatic nitrogens is 3. The lowest BCUT2D eigenvalue weighted by atomic mass is 10.1. The van der Waals surface area contributed by atoms with E-state index in [-0.39, 0.29) is 18.4 Å². The molecule has 1 aromatic carbocycles. The average molecular weight is 330 g/mol. The second-order valence-corrected chi connectivity index (χ2v) is 6.37. The zero-order valence-corrected chi connectivity index (χ0v) is 14.8. The first-order chi connectivity index (χ1) is 11.4. The fourth-order valence-corrected chi connectivity index (χ4v) is 2.29. The van der Waals surface area contributed by atoms with Crippen LogP contribution in [-0.2, 0) is 13.0 Å². The van der Waals surface area contributed by atoms with Crippen molar-refractivity contribution in [3.63, 3.8) is 0 Å². The number of hydrogen-bond donors (Lipinski definition) is 2. The smallest absolute Gasteiger partial charge is 0.273 e. The van der Waals surface area contributed by atoms with Crippen molar-refractivity contribution < 1.29 is 9.90 Å². The molecule has 0 radical (unpaired) electrons. The van der Waals surface area contributed by atoms with E-state index < -0.39 is 6.10 Å². The Balaban J connectivity index is 2.03. The molecule has 1 amide bonds. The number of aryl methyl sites for hydroxylation is 1. The maximum absolute atomic E-state index is 12.2. The summed E-state index contributed by atoms with van der Waals surface area (Å²) in [6.07, 6.45) is 0.441.